The highest BCUT2D eigenvalue weighted by Gasteiger charge is 2.13. The fourth-order valence-corrected chi connectivity index (χ4v) is 3.92. The van der Waals surface area contributed by atoms with E-state index in [9.17, 15) is 4.79 Å². The van der Waals surface area contributed by atoms with Gasteiger partial charge in [-0.3, -0.25) is 9.78 Å². The average molecular weight is 369 g/mol. The van der Waals surface area contributed by atoms with Crippen molar-refractivity contribution in [1.82, 2.24) is 15.3 Å². The van der Waals surface area contributed by atoms with Crippen LogP contribution < -0.4 is 10.1 Å². The summed E-state index contributed by atoms with van der Waals surface area (Å²) in [5.74, 6) is 0.656. The standard InChI is InChI=1S/C20H23N3O2S/c1-5-17-13(3)26-19(23-17)8-9-21-20(24)16-10-14-6-7-15(25-4)11-18(14)22-12(16)2/h6-7,10-11H,5,8-9H2,1-4H3,(H,21,24). The zero-order chi connectivity index (χ0) is 18.7. The molecule has 6 heteroatoms. The Morgan fingerprint density at radius 2 is 2.04 bits per heavy atom. The molecule has 0 fully saturated rings. The number of thiazole rings is 1. The highest BCUT2D eigenvalue weighted by Crippen LogP contribution is 2.22. The summed E-state index contributed by atoms with van der Waals surface area (Å²) in [5.41, 5.74) is 3.29. The van der Waals surface area contributed by atoms with E-state index < -0.39 is 0 Å². The van der Waals surface area contributed by atoms with Crippen LogP contribution >= 0.6 is 11.3 Å². The number of pyridine rings is 1. The quantitative estimate of drug-likeness (QED) is 0.717. The number of carbonyl (C=O) groups excluding carboxylic acids is 1. The van der Waals surface area contributed by atoms with E-state index in [2.05, 4.69) is 29.1 Å². The summed E-state index contributed by atoms with van der Waals surface area (Å²) in [5, 5.41) is 4.98. The third-order valence-electron chi connectivity index (χ3n) is 4.36. The number of hydrogen-bond acceptors (Lipinski definition) is 5. The molecule has 1 aromatic carbocycles. The fraction of sp³-hybridized carbons (Fsp3) is 0.350. The van der Waals surface area contributed by atoms with Crippen LogP contribution in [0, 0.1) is 13.8 Å². The van der Waals surface area contributed by atoms with Crippen molar-refractivity contribution in [3.63, 3.8) is 0 Å². The maximum absolute atomic E-state index is 12.6. The SMILES string of the molecule is CCc1nc(CCNC(=O)c2cc3ccc(OC)cc3nc2C)sc1C. The van der Waals surface area contributed by atoms with Gasteiger partial charge in [-0.25, -0.2) is 4.98 Å². The van der Waals surface area contributed by atoms with Crippen molar-refractivity contribution < 1.29 is 9.53 Å². The Labute approximate surface area is 157 Å². The molecule has 2 heterocycles. The zero-order valence-electron chi connectivity index (χ0n) is 15.5. The maximum atomic E-state index is 12.6. The Bertz CT molecular complexity index is 950. The van der Waals surface area contributed by atoms with Crippen LogP contribution in [0.1, 0.15) is 38.6 Å². The third kappa shape index (κ3) is 3.85. The van der Waals surface area contributed by atoms with Crippen LogP contribution in [0.4, 0.5) is 0 Å². The Balaban J connectivity index is 1.69. The van der Waals surface area contributed by atoms with Gasteiger partial charge in [-0.15, -0.1) is 11.3 Å². The van der Waals surface area contributed by atoms with Gasteiger partial charge in [0.05, 0.1) is 34.6 Å². The maximum Gasteiger partial charge on any atom is 0.253 e. The van der Waals surface area contributed by atoms with Crippen molar-refractivity contribution >= 4 is 28.1 Å². The number of aryl methyl sites for hydroxylation is 3. The Morgan fingerprint density at radius 1 is 1.23 bits per heavy atom. The molecule has 0 saturated carbocycles. The first kappa shape index (κ1) is 18.3. The molecule has 26 heavy (non-hydrogen) atoms. The predicted molar refractivity (Wildman–Crippen MR) is 105 cm³/mol. The molecule has 3 aromatic rings. The Kier molecular flexibility index (Phi) is 5.52. The van der Waals surface area contributed by atoms with Gasteiger partial charge in [0.15, 0.2) is 0 Å². The van der Waals surface area contributed by atoms with E-state index in [0.717, 1.165) is 40.2 Å². The highest BCUT2D eigenvalue weighted by molar-refractivity contribution is 7.11. The second-order valence-corrected chi connectivity index (χ2v) is 7.44. The summed E-state index contributed by atoms with van der Waals surface area (Å²) in [4.78, 5) is 23.0. The van der Waals surface area contributed by atoms with Gasteiger partial charge in [0.2, 0.25) is 0 Å². The van der Waals surface area contributed by atoms with Gasteiger partial charge < -0.3 is 10.1 Å². The monoisotopic (exact) mass is 369 g/mol. The first-order valence-electron chi connectivity index (χ1n) is 8.70. The fourth-order valence-electron chi connectivity index (χ4n) is 2.90. The topological polar surface area (TPSA) is 64.1 Å². The lowest BCUT2D eigenvalue weighted by Gasteiger charge is -2.09. The van der Waals surface area contributed by atoms with E-state index in [4.69, 9.17) is 4.74 Å². The van der Waals surface area contributed by atoms with Crippen LogP contribution in [0.3, 0.4) is 0 Å². The van der Waals surface area contributed by atoms with Crippen molar-refractivity contribution in [2.45, 2.75) is 33.6 Å². The summed E-state index contributed by atoms with van der Waals surface area (Å²) in [7, 11) is 1.63. The molecule has 0 saturated heterocycles. The molecule has 0 aliphatic rings. The lowest BCUT2D eigenvalue weighted by Crippen LogP contribution is -2.26. The molecular weight excluding hydrogens is 346 g/mol. The molecule has 5 nitrogen and oxygen atoms in total. The molecule has 0 atom stereocenters. The molecule has 136 valence electrons. The number of amides is 1. The highest BCUT2D eigenvalue weighted by atomic mass is 32.1. The molecule has 1 amide bonds. The van der Waals surface area contributed by atoms with Gasteiger partial charge in [0, 0.05) is 29.3 Å². The minimum absolute atomic E-state index is 0.100. The second-order valence-electron chi connectivity index (χ2n) is 6.15. The van der Waals surface area contributed by atoms with Gasteiger partial charge in [-0.2, -0.15) is 0 Å². The van der Waals surface area contributed by atoms with Gasteiger partial charge >= 0.3 is 0 Å². The van der Waals surface area contributed by atoms with Crippen molar-refractivity contribution in [2.24, 2.45) is 0 Å². The van der Waals surface area contributed by atoms with Gasteiger partial charge in [0.25, 0.3) is 5.91 Å². The van der Waals surface area contributed by atoms with Crippen LogP contribution in [0.5, 0.6) is 5.75 Å². The first-order chi connectivity index (χ1) is 12.5. The van der Waals surface area contributed by atoms with Crippen LogP contribution in [-0.4, -0.2) is 29.5 Å². The largest absolute Gasteiger partial charge is 0.497 e. The van der Waals surface area contributed by atoms with E-state index >= 15 is 0 Å². The molecule has 0 radical (unpaired) electrons. The third-order valence-corrected chi connectivity index (χ3v) is 5.43. The molecular formula is C20H23N3O2S. The van der Waals surface area contributed by atoms with E-state index in [0.29, 0.717) is 17.8 Å². The van der Waals surface area contributed by atoms with E-state index in [1.54, 1.807) is 18.4 Å². The Hall–Kier alpha value is -2.47. The van der Waals surface area contributed by atoms with Crippen LogP contribution in [0.25, 0.3) is 10.9 Å². The first-order valence-corrected chi connectivity index (χ1v) is 9.52. The van der Waals surface area contributed by atoms with E-state index in [1.807, 2.05) is 31.2 Å². The number of ether oxygens (including phenoxy) is 1. The summed E-state index contributed by atoms with van der Waals surface area (Å²) >= 11 is 1.71. The summed E-state index contributed by atoms with van der Waals surface area (Å²) in [6.45, 7) is 6.62. The summed E-state index contributed by atoms with van der Waals surface area (Å²) in [6.07, 6.45) is 1.69. The number of aromatic nitrogens is 2. The average Bonchev–Trinajstić information content (AvgIpc) is 3.00. The molecule has 0 aliphatic heterocycles. The lowest BCUT2D eigenvalue weighted by atomic mass is 10.1. The molecule has 1 N–H and O–H groups in total. The van der Waals surface area contributed by atoms with Gasteiger partial charge in [-0.05, 0) is 38.5 Å². The number of methoxy groups -OCH3 is 1. The van der Waals surface area contributed by atoms with Crippen LogP contribution in [-0.2, 0) is 12.8 Å². The number of hydrogen-bond donors (Lipinski definition) is 1. The number of benzene rings is 1. The van der Waals surface area contributed by atoms with Crippen LogP contribution in [0.15, 0.2) is 24.3 Å². The van der Waals surface area contributed by atoms with Crippen molar-refractivity contribution in [3.05, 3.63) is 51.1 Å². The molecule has 0 unspecified atom stereocenters. The van der Waals surface area contributed by atoms with E-state index in [1.165, 1.54) is 4.88 Å². The molecule has 0 bridgehead atoms. The van der Waals surface area contributed by atoms with Crippen molar-refractivity contribution in [2.75, 3.05) is 13.7 Å². The van der Waals surface area contributed by atoms with Crippen molar-refractivity contribution in [1.29, 1.82) is 0 Å². The molecule has 0 spiro atoms. The number of rotatable bonds is 6. The van der Waals surface area contributed by atoms with Crippen molar-refractivity contribution in [3.8, 4) is 5.75 Å². The van der Waals surface area contributed by atoms with E-state index in [-0.39, 0.29) is 5.91 Å². The number of fused-ring (bicyclic) bond motifs is 1. The normalized spacial score (nSPS) is 10.9. The smallest absolute Gasteiger partial charge is 0.253 e. The minimum Gasteiger partial charge on any atom is -0.497 e. The molecule has 2 aromatic heterocycles. The lowest BCUT2D eigenvalue weighted by molar-refractivity contribution is 0.0953. The second kappa shape index (κ2) is 7.83. The summed E-state index contributed by atoms with van der Waals surface area (Å²) in [6, 6.07) is 7.55. The van der Waals surface area contributed by atoms with Gasteiger partial charge in [0.1, 0.15) is 5.75 Å². The zero-order valence-corrected chi connectivity index (χ0v) is 16.4. The molecule has 3 rings (SSSR count). The molecule has 0 aliphatic carbocycles. The summed E-state index contributed by atoms with van der Waals surface area (Å²) < 4.78 is 5.23. The minimum atomic E-state index is -0.100. The van der Waals surface area contributed by atoms with Crippen LogP contribution in [0.2, 0.25) is 0 Å². The number of nitrogens with zero attached hydrogens (tertiary/aromatic N) is 2. The van der Waals surface area contributed by atoms with Gasteiger partial charge in [-0.1, -0.05) is 6.92 Å². The number of carbonyl (C=O) groups is 1. The predicted octanol–water partition coefficient (Wildman–Crippen LogP) is 3.85. The number of nitrogens with one attached hydrogen (secondary N) is 1. The Morgan fingerprint density at radius 3 is 2.73 bits per heavy atom.